The molecule has 0 aromatic rings. The second-order valence-electron chi connectivity index (χ2n) is 4.34. The van der Waals surface area contributed by atoms with E-state index in [4.69, 9.17) is 4.74 Å². The Morgan fingerprint density at radius 1 is 1.42 bits per heavy atom. The smallest absolute Gasteiger partial charge is 0.0547 e. The highest BCUT2D eigenvalue weighted by atomic mass is 16.5. The maximum Gasteiger partial charge on any atom is 0.0547 e. The highest BCUT2D eigenvalue weighted by Gasteiger charge is 2.46. The van der Waals surface area contributed by atoms with Crippen LogP contribution in [-0.2, 0) is 4.74 Å². The van der Waals surface area contributed by atoms with Crippen LogP contribution in [0.5, 0.6) is 0 Å². The fourth-order valence-corrected chi connectivity index (χ4v) is 2.34. The van der Waals surface area contributed by atoms with E-state index in [1.165, 1.54) is 25.7 Å². The van der Waals surface area contributed by atoms with Gasteiger partial charge < -0.3 is 10.1 Å². The molecule has 12 heavy (non-hydrogen) atoms. The van der Waals surface area contributed by atoms with Gasteiger partial charge in [-0.1, -0.05) is 6.42 Å². The van der Waals surface area contributed by atoms with Crippen molar-refractivity contribution in [2.75, 3.05) is 26.8 Å². The molecule has 0 spiro atoms. The molecule has 1 aliphatic heterocycles. The van der Waals surface area contributed by atoms with Gasteiger partial charge in [0.05, 0.1) is 13.2 Å². The number of nitrogens with one attached hydrogen (secondary N) is 1. The Labute approximate surface area is 74.7 Å². The molecule has 0 aromatic heterocycles. The molecule has 1 heterocycles. The van der Waals surface area contributed by atoms with E-state index in [0.29, 0.717) is 5.41 Å². The largest absolute Gasteiger partial charge is 0.380 e. The zero-order chi connectivity index (χ0) is 8.44. The summed E-state index contributed by atoms with van der Waals surface area (Å²) in [5.74, 6) is 0.986. The first-order valence-corrected chi connectivity index (χ1v) is 5.10. The summed E-state index contributed by atoms with van der Waals surface area (Å²) in [5, 5.41) is 3.24. The monoisotopic (exact) mass is 169 g/mol. The van der Waals surface area contributed by atoms with Crippen LogP contribution in [0, 0.1) is 11.3 Å². The molecule has 1 saturated heterocycles. The van der Waals surface area contributed by atoms with Crippen molar-refractivity contribution in [3.05, 3.63) is 0 Å². The average molecular weight is 169 g/mol. The highest BCUT2D eigenvalue weighted by molar-refractivity contribution is 4.95. The molecule has 0 bridgehead atoms. The first-order valence-electron chi connectivity index (χ1n) is 5.10. The van der Waals surface area contributed by atoms with Crippen LogP contribution < -0.4 is 5.32 Å². The van der Waals surface area contributed by atoms with E-state index in [2.05, 4.69) is 5.32 Å². The van der Waals surface area contributed by atoms with Gasteiger partial charge in [0.25, 0.3) is 0 Å². The van der Waals surface area contributed by atoms with Crippen molar-refractivity contribution in [2.24, 2.45) is 11.3 Å². The van der Waals surface area contributed by atoms with E-state index in [1.54, 1.807) is 0 Å². The van der Waals surface area contributed by atoms with E-state index in [1.807, 2.05) is 7.05 Å². The van der Waals surface area contributed by atoms with E-state index < -0.39 is 0 Å². The van der Waals surface area contributed by atoms with Crippen molar-refractivity contribution < 1.29 is 4.74 Å². The Balaban J connectivity index is 1.85. The molecule has 0 amide bonds. The molecule has 1 aliphatic carbocycles. The molecule has 0 unspecified atom stereocenters. The number of ether oxygens (including phenoxy) is 1. The SMILES string of the molecule is CNCCC1(C2CCC2)COC1. The van der Waals surface area contributed by atoms with Gasteiger partial charge in [-0.2, -0.15) is 0 Å². The first-order chi connectivity index (χ1) is 5.87. The maximum atomic E-state index is 5.36. The Hall–Kier alpha value is -0.0800. The molecule has 0 radical (unpaired) electrons. The molecule has 70 valence electrons. The van der Waals surface area contributed by atoms with Crippen LogP contribution in [0.4, 0.5) is 0 Å². The minimum Gasteiger partial charge on any atom is -0.380 e. The lowest BCUT2D eigenvalue weighted by atomic mass is 9.62. The molecule has 1 N–H and O–H groups in total. The van der Waals surface area contributed by atoms with Crippen molar-refractivity contribution >= 4 is 0 Å². The van der Waals surface area contributed by atoms with E-state index in [9.17, 15) is 0 Å². The fraction of sp³-hybridized carbons (Fsp3) is 1.00. The molecular weight excluding hydrogens is 150 g/mol. The third kappa shape index (κ3) is 1.27. The van der Waals surface area contributed by atoms with E-state index in [0.717, 1.165) is 25.7 Å². The third-order valence-corrected chi connectivity index (χ3v) is 3.62. The molecule has 2 aliphatic rings. The van der Waals surface area contributed by atoms with Crippen LogP contribution in [0.25, 0.3) is 0 Å². The van der Waals surface area contributed by atoms with Crippen molar-refractivity contribution in [1.29, 1.82) is 0 Å². The summed E-state index contributed by atoms with van der Waals surface area (Å²) < 4.78 is 5.36. The van der Waals surface area contributed by atoms with Gasteiger partial charge in [-0.05, 0) is 38.8 Å². The van der Waals surface area contributed by atoms with Crippen molar-refractivity contribution in [3.63, 3.8) is 0 Å². The molecule has 2 rings (SSSR count). The summed E-state index contributed by atoms with van der Waals surface area (Å²) in [4.78, 5) is 0. The van der Waals surface area contributed by atoms with Crippen molar-refractivity contribution in [3.8, 4) is 0 Å². The van der Waals surface area contributed by atoms with E-state index >= 15 is 0 Å². The standard InChI is InChI=1S/C10H19NO/c1-11-6-5-10(7-12-8-10)9-3-2-4-9/h9,11H,2-8H2,1H3. The number of hydrogen-bond acceptors (Lipinski definition) is 2. The van der Waals surface area contributed by atoms with Gasteiger partial charge in [-0.15, -0.1) is 0 Å². The Morgan fingerprint density at radius 2 is 2.17 bits per heavy atom. The predicted octanol–water partition coefficient (Wildman–Crippen LogP) is 1.41. The second-order valence-corrected chi connectivity index (χ2v) is 4.34. The van der Waals surface area contributed by atoms with Gasteiger partial charge >= 0.3 is 0 Å². The third-order valence-electron chi connectivity index (χ3n) is 3.62. The molecule has 2 fully saturated rings. The maximum absolute atomic E-state index is 5.36. The number of hydrogen-bond donors (Lipinski definition) is 1. The summed E-state index contributed by atoms with van der Waals surface area (Å²) in [6.07, 6.45) is 5.67. The van der Waals surface area contributed by atoms with Crippen molar-refractivity contribution in [1.82, 2.24) is 5.32 Å². The minimum absolute atomic E-state index is 0.585. The lowest BCUT2D eigenvalue weighted by Gasteiger charge is -2.51. The zero-order valence-corrected chi connectivity index (χ0v) is 7.94. The molecule has 2 nitrogen and oxygen atoms in total. The Kier molecular flexibility index (Phi) is 2.37. The highest BCUT2D eigenvalue weighted by Crippen LogP contribution is 2.48. The summed E-state index contributed by atoms with van der Waals surface area (Å²) in [6, 6.07) is 0. The van der Waals surface area contributed by atoms with Gasteiger partial charge in [0.15, 0.2) is 0 Å². The Morgan fingerprint density at radius 3 is 2.50 bits per heavy atom. The van der Waals surface area contributed by atoms with Crippen LogP contribution >= 0.6 is 0 Å². The lowest BCUT2D eigenvalue weighted by molar-refractivity contribution is -0.165. The van der Waals surface area contributed by atoms with Gasteiger partial charge in [0.2, 0.25) is 0 Å². The summed E-state index contributed by atoms with van der Waals surface area (Å²) in [6.45, 7) is 3.21. The van der Waals surface area contributed by atoms with Crippen molar-refractivity contribution in [2.45, 2.75) is 25.7 Å². The molecule has 0 aromatic carbocycles. The summed E-state index contributed by atoms with van der Waals surface area (Å²) in [5.41, 5.74) is 0.585. The average Bonchev–Trinajstić information content (AvgIpc) is 1.90. The normalized spacial score (nSPS) is 27.8. The van der Waals surface area contributed by atoms with Gasteiger partial charge in [-0.25, -0.2) is 0 Å². The van der Waals surface area contributed by atoms with Gasteiger partial charge in [-0.3, -0.25) is 0 Å². The second kappa shape index (κ2) is 3.35. The van der Waals surface area contributed by atoms with Crippen LogP contribution in [0.3, 0.4) is 0 Å². The van der Waals surface area contributed by atoms with E-state index in [-0.39, 0.29) is 0 Å². The van der Waals surface area contributed by atoms with Crippen LogP contribution in [-0.4, -0.2) is 26.8 Å². The molecule has 0 atom stereocenters. The predicted molar refractivity (Wildman–Crippen MR) is 49.1 cm³/mol. The Bertz CT molecular complexity index is 150. The summed E-state index contributed by atoms with van der Waals surface area (Å²) in [7, 11) is 2.04. The van der Waals surface area contributed by atoms with Crippen LogP contribution in [0.2, 0.25) is 0 Å². The van der Waals surface area contributed by atoms with Gasteiger partial charge in [0.1, 0.15) is 0 Å². The number of rotatable bonds is 4. The zero-order valence-electron chi connectivity index (χ0n) is 7.94. The summed E-state index contributed by atoms with van der Waals surface area (Å²) >= 11 is 0. The lowest BCUT2D eigenvalue weighted by Crippen LogP contribution is -2.51. The fourth-order valence-electron chi connectivity index (χ4n) is 2.34. The minimum atomic E-state index is 0.585. The van der Waals surface area contributed by atoms with Crippen LogP contribution in [0.1, 0.15) is 25.7 Å². The molecule has 1 saturated carbocycles. The topological polar surface area (TPSA) is 21.3 Å². The van der Waals surface area contributed by atoms with Gasteiger partial charge in [0, 0.05) is 5.41 Å². The first kappa shape index (κ1) is 8.52. The quantitative estimate of drug-likeness (QED) is 0.687. The molecular formula is C10H19NO. The molecule has 2 heteroatoms. The van der Waals surface area contributed by atoms with Crippen LogP contribution in [0.15, 0.2) is 0 Å².